The van der Waals surface area contributed by atoms with Crippen LogP contribution in [0.2, 0.25) is 0 Å². The highest BCUT2D eigenvalue weighted by molar-refractivity contribution is 5.12. The van der Waals surface area contributed by atoms with Gasteiger partial charge in [0.15, 0.2) is 5.69 Å². The van der Waals surface area contributed by atoms with E-state index in [1.807, 2.05) is 0 Å². The Balaban J connectivity index is 2.46. The quantitative estimate of drug-likeness (QED) is 0.749. The molecule has 0 unspecified atom stereocenters. The van der Waals surface area contributed by atoms with E-state index in [4.69, 9.17) is 5.11 Å². The van der Waals surface area contributed by atoms with Gasteiger partial charge in [-0.25, -0.2) is 0 Å². The van der Waals surface area contributed by atoms with E-state index in [0.717, 1.165) is 12.5 Å². The minimum Gasteiger partial charge on any atom is -0.396 e. The number of hydrogen-bond donors (Lipinski definition) is 2. The number of aromatic nitrogens is 2. The molecule has 0 aliphatic heterocycles. The van der Waals surface area contributed by atoms with Crippen molar-refractivity contribution in [3.05, 3.63) is 17.5 Å². The first-order chi connectivity index (χ1) is 7.95. The molecule has 98 valence electrons. The largest absolute Gasteiger partial charge is 0.435 e. The summed E-state index contributed by atoms with van der Waals surface area (Å²) in [5.41, 5.74) is -0.381. The molecular weight excluding hydrogens is 235 g/mol. The van der Waals surface area contributed by atoms with Gasteiger partial charge < -0.3 is 10.4 Å². The summed E-state index contributed by atoms with van der Waals surface area (Å²) in [7, 11) is 1.49. The van der Waals surface area contributed by atoms with Gasteiger partial charge >= 0.3 is 6.18 Å². The van der Waals surface area contributed by atoms with Crippen molar-refractivity contribution in [3.8, 4) is 0 Å². The summed E-state index contributed by atoms with van der Waals surface area (Å²) in [5.74, 6) is 0. The fourth-order valence-corrected chi connectivity index (χ4v) is 1.39. The normalized spacial score (nSPS) is 12.1. The zero-order chi connectivity index (χ0) is 12.9. The van der Waals surface area contributed by atoms with Crippen LogP contribution in [0.15, 0.2) is 6.07 Å². The van der Waals surface area contributed by atoms with E-state index in [1.54, 1.807) is 0 Å². The topological polar surface area (TPSA) is 50.1 Å². The molecule has 1 heterocycles. The van der Waals surface area contributed by atoms with Crippen LogP contribution in [0.5, 0.6) is 0 Å². The molecule has 0 radical (unpaired) electrons. The van der Waals surface area contributed by atoms with Gasteiger partial charge in [-0.3, -0.25) is 4.68 Å². The van der Waals surface area contributed by atoms with Crippen LogP contribution >= 0.6 is 0 Å². The van der Waals surface area contributed by atoms with Crippen molar-refractivity contribution in [1.82, 2.24) is 15.1 Å². The monoisotopic (exact) mass is 251 g/mol. The summed E-state index contributed by atoms with van der Waals surface area (Å²) in [4.78, 5) is 0. The molecule has 0 amide bonds. The fourth-order valence-electron chi connectivity index (χ4n) is 1.39. The number of nitrogens with one attached hydrogen (secondary N) is 1. The van der Waals surface area contributed by atoms with Crippen LogP contribution < -0.4 is 5.32 Å². The van der Waals surface area contributed by atoms with Crippen molar-refractivity contribution in [1.29, 1.82) is 0 Å². The second-order valence-corrected chi connectivity index (χ2v) is 3.75. The summed E-state index contributed by atoms with van der Waals surface area (Å²) in [6.07, 6.45) is -2.92. The molecule has 0 aliphatic carbocycles. The number of aliphatic hydroxyl groups excluding tert-OH is 1. The lowest BCUT2D eigenvalue weighted by molar-refractivity contribution is -0.141. The van der Waals surface area contributed by atoms with Gasteiger partial charge in [0.1, 0.15) is 0 Å². The Bertz CT molecular complexity index is 349. The Hall–Kier alpha value is -1.08. The summed E-state index contributed by atoms with van der Waals surface area (Å²) in [6.45, 7) is 1.13. The molecule has 1 rings (SSSR count). The van der Waals surface area contributed by atoms with Crippen molar-refractivity contribution in [2.24, 2.45) is 7.05 Å². The molecule has 0 fully saturated rings. The Kier molecular flexibility index (Phi) is 4.95. The predicted molar refractivity (Wildman–Crippen MR) is 56.2 cm³/mol. The second-order valence-electron chi connectivity index (χ2n) is 3.75. The minimum absolute atomic E-state index is 0.131. The SMILES string of the molecule is Cn1nc(C(F)(F)F)cc1CNCCCCO. The third-order valence-corrected chi connectivity index (χ3v) is 2.33. The van der Waals surface area contributed by atoms with Gasteiger partial charge in [-0.2, -0.15) is 18.3 Å². The Morgan fingerprint density at radius 3 is 2.65 bits per heavy atom. The first kappa shape index (κ1) is 14.0. The van der Waals surface area contributed by atoms with Crippen LogP contribution in [0.25, 0.3) is 0 Å². The first-order valence-electron chi connectivity index (χ1n) is 5.37. The van der Waals surface area contributed by atoms with Crippen LogP contribution in [0, 0.1) is 0 Å². The lowest BCUT2D eigenvalue weighted by Gasteiger charge is -2.03. The number of halogens is 3. The molecule has 0 saturated carbocycles. The molecular formula is C10H16F3N3O. The molecule has 0 spiro atoms. The molecule has 1 aromatic rings. The minimum atomic E-state index is -4.40. The van der Waals surface area contributed by atoms with E-state index in [9.17, 15) is 13.2 Å². The van der Waals surface area contributed by atoms with Gasteiger partial charge in [0.05, 0.1) is 5.69 Å². The van der Waals surface area contributed by atoms with Crippen molar-refractivity contribution < 1.29 is 18.3 Å². The maximum absolute atomic E-state index is 12.3. The average molecular weight is 251 g/mol. The average Bonchev–Trinajstić information content (AvgIpc) is 2.60. The van der Waals surface area contributed by atoms with E-state index in [2.05, 4.69) is 10.4 Å². The predicted octanol–water partition coefficient (Wildman–Crippen LogP) is 1.30. The van der Waals surface area contributed by atoms with E-state index in [1.165, 1.54) is 11.7 Å². The number of rotatable bonds is 6. The maximum Gasteiger partial charge on any atom is 0.435 e. The van der Waals surface area contributed by atoms with E-state index < -0.39 is 11.9 Å². The lowest BCUT2D eigenvalue weighted by Crippen LogP contribution is -2.17. The van der Waals surface area contributed by atoms with Crippen LogP contribution in [0.4, 0.5) is 13.2 Å². The standard InChI is InChI=1S/C10H16F3N3O/c1-16-8(7-14-4-2-3-5-17)6-9(15-16)10(11,12)13/h6,14,17H,2-5,7H2,1H3. The first-order valence-corrected chi connectivity index (χ1v) is 5.37. The number of aliphatic hydroxyl groups is 1. The highest BCUT2D eigenvalue weighted by atomic mass is 19.4. The number of unbranched alkanes of at least 4 members (excludes halogenated alkanes) is 1. The number of hydrogen-bond acceptors (Lipinski definition) is 3. The summed E-state index contributed by atoms with van der Waals surface area (Å²) < 4.78 is 38.3. The van der Waals surface area contributed by atoms with Crippen molar-refractivity contribution in [3.63, 3.8) is 0 Å². The van der Waals surface area contributed by atoms with Crippen LogP contribution in [-0.2, 0) is 19.8 Å². The summed E-state index contributed by atoms with van der Waals surface area (Å²) in [5, 5.41) is 15.0. The molecule has 17 heavy (non-hydrogen) atoms. The molecule has 0 atom stereocenters. The Morgan fingerprint density at radius 1 is 1.41 bits per heavy atom. The third kappa shape index (κ3) is 4.35. The second kappa shape index (κ2) is 6.02. The van der Waals surface area contributed by atoms with Gasteiger partial charge in [-0.15, -0.1) is 0 Å². The van der Waals surface area contributed by atoms with Gasteiger partial charge in [0.25, 0.3) is 0 Å². The summed E-state index contributed by atoms with van der Waals surface area (Å²) >= 11 is 0. The Labute approximate surface area is 97.4 Å². The zero-order valence-corrected chi connectivity index (χ0v) is 9.59. The maximum atomic E-state index is 12.3. The third-order valence-electron chi connectivity index (χ3n) is 2.33. The highest BCUT2D eigenvalue weighted by Crippen LogP contribution is 2.28. The van der Waals surface area contributed by atoms with Crippen LogP contribution in [0.1, 0.15) is 24.2 Å². The molecule has 0 bridgehead atoms. The van der Waals surface area contributed by atoms with Gasteiger partial charge in [-0.05, 0) is 25.5 Å². The van der Waals surface area contributed by atoms with Crippen molar-refractivity contribution >= 4 is 0 Å². The smallest absolute Gasteiger partial charge is 0.396 e. The van der Waals surface area contributed by atoms with E-state index in [0.29, 0.717) is 25.2 Å². The zero-order valence-electron chi connectivity index (χ0n) is 9.59. The van der Waals surface area contributed by atoms with Crippen molar-refractivity contribution in [2.75, 3.05) is 13.2 Å². The number of alkyl halides is 3. The molecule has 4 nitrogen and oxygen atoms in total. The summed E-state index contributed by atoms with van der Waals surface area (Å²) in [6, 6.07) is 1.04. The van der Waals surface area contributed by atoms with Crippen molar-refractivity contribution in [2.45, 2.75) is 25.6 Å². The molecule has 2 N–H and O–H groups in total. The molecule has 0 saturated heterocycles. The van der Waals surface area contributed by atoms with Gasteiger partial charge in [0, 0.05) is 20.2 Å². The highest BCUT2D eigenvalue weighted by Gasteiger charge is 2.34. The van der Waals surface area contributed by atoms with Gasteiger partial charge in [-0.1, -0.05) is 0 Å². The number of nitrogens with zero attached hydrogens (tertiary/aromatic N) is 2. The molecule has 7 heteroatoms. The van der Waals surface area contributed by atoms with Crippen LogP contribution in [-0.4, -0.2) is 28.0 Å². The van der Waals surface area contributed by atoms with E-state index in [-0.39, 0.29) is 6.61 Å². The number of aryl methyl sites for hydroxylation is 1. The fraction of sp³-hybridized carbons (Fsp3) is 0.700. The molecule has 0 aromatic carbocycles. The molecule has 1 aromatic heterocycles. The van der Waals surface area contributed by atoms with Crippen LogP contribution in [0.3, 0.4) is 0 Å². The molecule has 0 aliphatic rings. The van der Waals surface area contributed by atoms with Gasteiger partial charge in [0.2, 0.25) is 0 Å². The Morgan fingerprint density at radius 2 is 2.12 bits per heavy atom. The van der Waals surface area contributed by atoms with E-state index >= 15 is 0 Å². The lowest BCUT2D eigenvalue weighted by atomic mass is 10.3.